The van der Waals surface area contributed by atoms with Gasteiger partial charge in [0.05, 0.1) is 11.5 Å². The predicted octanol–water partition coefficient (Wildman–Crippen LogP) is 2.77. The van der Waals surface area contributed by atoms with E-state index in [1.807, 2.05) is 6.92 Å². The number of rotatable bonds is 3. The number of carbonyl (C=O) groups is 2. The molecule has 102 valence electrons. The van der Waals surface area contributed by atoms with Gasteiger partial charge in [0, 0.05) is 5.92 Å². The maximum Gasteiger partial charge on any atom is 0.307 e. The highest BCUT2D eigenvalue weighted by Crippen LogP contribution is 2.34. The third-order valence-electron chi connectivity index (χ3n) is 3.84. The number of aryl methyl sites for hydroxylation is 1. The summed E-state index contributed by atoms with van der Waals surface area (Å²) in [6.07, 6.45) is 2.84. The molecule has 4 nitrogen and oxygen atoms in total. The summed E-state index contributed by atoms with van der Waals surface area (Å²) in [4.78, 5) is 23.7. The van der Waals surface area contributed by atoms with E-state index in [1.54, 1.807) is 12.1 Å². The normalized spacial score (nSPS) is 23.0. The maximum absolute atomic E-state index is 12.5. The monoisotopic (exact) mass is 262 g/mol. The number of benzene rings is 1. The smallest absolute Gasteiger partial charge is 0.307 e. The van der Waals surface area contributed by atoms with E-state index in [0.29, 0.717) is 12.8 Å². The van der Waals surface area contributed by atoms with Gasteiger partial charge in [0.2, 0.25) is 0 Å². The van der Waals surface area contributed by atoms with Crippen LogP contribution in [0.4, 0.5) is 0 Å². The lowest BCUT2D eigenvalue weighted by molar-refractivity contribution is -0.144. The topological polar surface area (TPSA) is 74.6 Å². The van der Waals surface area contributed by atoms with E-state index < -0.39 is 17.8 Å². The Hall–Kier alpha value is -1.84. The van der Waals surface area contributed by atoms with Gasteiger partial charge < -0.3 is 10.2 Å². The molecule has 0 radical (unpaired) electrons. The Labute approximate surface area is 112 Å². The number of aliphatic carboxylic acids is 1. The summed E-state index contributed by atoms with van der Waals surface area (Å²) in [6, 6.07) is 4.84. The van der Waals surface area contributed by atoms with Crippen molar-refractivity contribution in [2.75, 3.05) is 0 Å². The lowest BCUT2D eigenvalue weighted by atomic mass is 9.75. The lowest BCUT2D eigenvalue weighted by Crippen LogP contribution is -2.32. The number of carboxylic acids is 1. The zero-order valence-corrected chi connectivity index (χ0v) is 10.9. The van der Waals surface area contributed by atoms with Crippen LogP contribution in [0.1, 0.15) is 41.6 Å². The van der Waals surface area contributed by atoms with Crippen LogP contribution in [0.25, 0.3) is 0 Å². The van der Waals surface area contributed by atoms with E-state index in [0.717, 1.165) is 18.4 Å². The van der Waals surface area contributed by atoms with Crippen LogP contribution in [0.3, 0.4) is 0 Å². The molecular weight excluding hydrogens is 244 g/mol. The highest BCUT2D eigenvalue weighted by Gasteiger charge is 2.36. The average molecular weight is 262 g/mol. The fraction of sp³-hybridized carbons (Fsp3) is 0.467. The molecule has 1 aromatic rings. The highest BCUT2D eigenvalue weighted by atomic mass is 16.4. The molecule has 2 N–H and O–H groups in total. The number of hydrogen-bond acceptors (Lipinski definition) is 3. The first-order valence-electron chi connectivity index (χ1n) is 6.57. The number of carbonyl (C=O) groups excluding carboxylic acids is 1. The van der Waals surface area contributed by atoms with Crippen molar-refractivity contribution >= 4 is 11.8 Å². The van der Waals surface area contributed by atoms with Crippen LogP contribution in [-0.2, 0) is 4.79 Å². The van der Waals surface area contributed by atoms with Gasteiger partial charge in [0.25, 0.3) is 0 Å². The summed E-state index contributed by atoms with van der Waals surface area (Å²) < 4.78 is 0. The molecule has 2 atom stereocenters. The molecule has 0 aliphatic heterocycles. The van der Waals surface area contributed by atoms with Crippen molar-refractivity contribution in [2.45, 2.75) is 32.6 Å². The van der Waals surface area contributed by atoms with Gasteiger partial charge in [-0.05, 0) is 31.9 Å². The molecule has 0 heterocycles. The molecule has 1 aliphatic rings. The van der Waals surface area contributed by atoms with E-state index in [9.17, 15) is 19.8 Å². The van der Waals surface area contributed by atoms with E-state index in [2.05, 4.69) is 0 Å². The summed E-state index contributed by atoms with van der Waals surface area (Å²) in [5.41, 5.74) is 1.13. The highest BCUT2D eigenvalue weighted by molar-refractivity contribution is 6.02. The molecule has 0 bridgehead atoms. The van der Waals surface area contributed by atoms with E-state index >= 15 is 0 Å². The Balaban J connectivity index is 2.31. The lowest BCUT2D eigenvalue weighted by Gasteiger charge is -2.27. The molecule has 0 saturated heterocycles. The Morgan fingerprint density at radius 1 is 1.16 bits per heavy atom. The van der Waals surface area contributed by atoms with Crippen LogP contribution in [0.15, 0.2) is 18.2 Å². The molecule has 1 fully saturated rings. The van der Waals surface area contributed by atoms with Gasteiger partial charge in [-0.15, -0.1) is 0 Å². The van der Waals surface area contributed by atoms with E-state index in [4.69, 9.17) is 0 Å². The first-order chi connectivity index (χ1) is 9.00. The number of Topliss-reactive ketones (excluding diaryl/α,β-unsaturated/α-hetero) is 1. The second-order valence-corrected chi connectivity index (χ2v) is 5.22. The molecule has 0 unspecified atom stereocenters. The second-order valence-electron chi connectivity index (χ2n) is 5.22. The zero-order valence-electron chi connectivity index (χ0n) is 10.9. The Bertz CT molecular complexity index is 507. The molecular formula is C15H18O4. The van der Waals surface area contributed by atoms with Crippen LogP contribution in [-0.4, -0.2) is 22.0 Å². The number of phenols is 1. The van der Waals surface area contributed by atoms with Crippen LogP contribution >= 0.6 is 0 Å². The third-order valence-corrected chi connectivity index (χ3v) is 3.84. The van der Waals surface area contributed by atoms with Crippen molar-refractivity contribution in [3.63, 3.8) is 0 Å². The van der Waals surface area contributed by atoms with Gasteiger partial charge in [-0.2, -0.15) is 0 Å². The van der Waals surface area contributed by atoms with Crippen LogP contribution in [0, 0.1) is 18.8 Å². The van der Waals surface area contributed by atoms with E-state index in [-0.39, 0.29) is 17.1 Å². The van der Waals surface area contributed by atoms with E-state index in [1.165, 1.54) is 6.07 Å². The number of aromatic hydroxyl groups is 1. The molecule has 0 amide bonds. The quantitative estimate of drug-likeness (QED) is 0.821. The summed E-state index contributed by atoms with van der Waals surface area (Å²) in [7, 11) is 0. The number of hydrogen-bond donors (Lipinski definition) is 2. The minimum Gasteiger partial charge on any atom is -0.507 e. The van der Waals surface area contributed by atoms with Gasteiger partial charge >= 0.3 is 5.97 Å². The molecule has 19 heavy (non-hydrogen) atoms. The van der Waals surface area contributed by atoms with Crippen molar-refractivity contribution in [1.29, 1.82) is 0 Å². The zero-order chi connectivity index (χ0) is 14.0. The first-order valence-corrected chi connectivity index (χ1v) is 6.57. The molecule has 1 aliphatic carbocycles. The Morgan fingerprint density at radius 2 is 1.79 bits per heavy atom. The molecule has 0 aromatic heterocycles. The molecule has 1 saturated carbocycles. The van der Waals surface area contributed by atoms with Crippen LogP contribution in [0.2, 0.25) is 0 Å². The average Bonchev–Trinajstić information content (AvgIpc) is 2.40. The van der Waals surface area contributed by atoms with Crippen LogP contribution in [0.5, 0.6) is 5.75 Å². The van der Waals surface area contributed by atoms with Gasteiger partial charge in [-0.25, -0.2) is 0 Å². The number of ketones is 1. The second kappa shape index (κ2) is 5.43. The van der Waals surface area contributed by atoms with Gasteiger partial charge in [-0.3, -0.25) is 9.59 Å². The third kappa shape index (κ3) is 2.78. The predicted molar refractivity (Wildman–Crippen MR) is 70.3 cm³/mol. The fourth-order valence-corrected chi connectivity index (χ4v) is 2.79. The van der Waals surface area contributed by atoms with Crippen molar-refractivity contribution in [3.05, 3.63) is 29.3 Å². The summed E-state index contributed by atoms with van der Waals surface area (Å²) >= 11 is 0. The van der Waals surface area contributed by atoms with Gasteiger partial charge in [0.1, 0.15) is 5.75 Å². The largest absolute Gasteiger partial charge is 0.507 e. The molecule has 2 rings (SSSR count). The minimum atomic E-state index is -0.912. The fourth-order valence-electron chi connectivity index (χ4n) is 2.79. The summed E-state index contributed by atoms with van der Waals surface area (Å²) in [5, 5.41) is 19.0. The number of carboxylic acid groups (broad SMARTS) is 1. The molecule has 4 heteroatoms. The standard InChI is InChI=1S/C15H18O4/c1-9-6-7-13(16)12(8-9)14(17)10-4-2-3-5-11(10)15(18)19/h6-8,10-11,16H,2-5H2,1H3,(H,18,19)/t10-,11-/m1/s1. The van der Waals surface area contributed by atoms with Crippen molar-refractivity contribution in [1.82, 2.24) is 0 Å². The SMILES string of the molecule is Cc1ccc(O)c(C(=O)[C@@H]2CCCC[C@H]2C(=O)O)c1. The van der Waals surface area contributed by atoms with Crippen molar-refractivity contribution < 1.29 is 19.8 Å². The molecule has 0 spiro atoms. The summed E-state index contributed by atoms with van der Waals surface area (Å²) in [5.74, 6) is -2.36. The Morgan fingerprint density at radius 3 is 2.42 bits per heavy atom. The maximum atomic E-state index is 12.5. The van der Waals surface area contributed by atoms with Gasteiger partial charge in [-0.1, -0.05) is 24.5 Å². The van der Waals surface area contributed by atoms with Crippen LogP contribution < -0.4 is 0 Å². The first kappa shape index (κ1) is 13.6. The summed E-state index contributed by atoms with van der Waals surface area (Å²) in [6.45, 7) is 1.84. The van der Waals surface area contributed by atoms with Crippen molar-refractivity contribution in [2.24, 2.45) is 11.8 Å². The van der Waals surface area contributed by atoms with Gasteiger partial charge in [0.15, 0.2) is 5.78 Å². The Kier molecular flexibility index (Phi) is 3.88. The minimum absolute atomic E-state index is 0.0645. The molecule has 1 aromatic carbocycles. The number of phenolic OH excluding ortho intramolecular Hbond substituents is 1. The van der Waals surface area contributed by atoms with Crippen molar-refractivity contribution in [3.8, 4) is 5.75 Å².